The molecule has 0 unspecified atom stereocenters. The van der Waals surface area contributed by atoms with Gasteiger partial charge >= 0.3 is 21.6 Å². The summed E-state index contributed by atoms with van der Waals surface area (Å²) < 4.78 is 38.7. The third kappa shape index (κ3) is 9.91. The normalized spacial score (nSPS) is 12.8. The second-order valence-corrected chi connectivity index (χ2v) is 17.3. The number of phosphoric ester groups is 2. The van der Waals surface area contributed by atoms with E-state index in [1.54, 1.807) is 0 Å². The van der Waals surface area contributed by atoms with Gasteiger partial charge in [-0.2, -0.15) is 0 Å². The van der Waals surface area contributed by atoms with Gasteiger partial charge in [0, 0.05) is 41.3 Å². The van der Waals surface area contributed by atoms with Crippen LogP contribution in [0, 0.1) is 6.92 Å². The molecule has 7 aromatic carbocycles. The molecule has 0 aliphatic carbocycles. The highest BCUT2D eigenvalue weighted by Crippen LogP contribution is 2.52. The summed E-state index contributed by atoms with van der Waals surface area (Å²) in [6, 6.07) is 48.8. The van der Waals surface area contributed by atoms with Crippen LogP contribution in [0.2, 0.25) is 0 Å². The molecule has 0 saturated heterocycles. The topological polar surface area (TPSA) is 209 Å². The molecule has 13 nitrogen and oxygen atoms in total. The molecule has 0 spiro atoms. The van der Waals surface area contributed by atoms with Gasteiger partial charge in [-0.1, -0.05) is 133 Å². The smallest absolute Gasteiger partial charge is 0.478 e. The lowest BCUT2D eigenvalue weighted by Gasteiger charge is -2.30. The van der Waals surface area contributed by atoms with E-state index < -0.39 is 33.4 Å². The zero-order valence-electron chi connectivity index (χ0n) is 33.9. The first kappa shape index (κ1) is 43.6. The Morgan fingerprint density at radius 2 is 1.00 bits per heavy atom. The average molecular weight is 896 g/mol. The monoisotopic (exact) mass is 895 g/mol. The SMILES string of the molecule is Cc1ccc(/C(=C(\c2ccccc2)c2ccc(CNC(=O)c3ccc(C4c5ccc(OP(=O)(O)O)cc5Oc5cc(OP(=O)(O)O)ccc54)c(C(=O)O)c3)cc2)c2ccccc2)cc1. The lowest BCUT2D eigenvalue weighted by atomic mass is 9.80. The first-order valence-corrected chi connectivity index (χ1v) is 22.8. The molecule has 1 aliphatic heterocycles. The molecule has 64 heavy (non-hydrogen) atoms. The van der Waals surface area contributed by atoms with Gasteiger partial charge in [0.1, 0.15) is 23.0 Å². The predicted octanol–water partition coefficient (Wildman–Crippen LogP) is 9.86. The van der Waals surface area contributed by atoms with Crippen LogP contribution in [0.25, 0.3) is 11.1 Å². The molecular weight excluding hydrogens is 856 g/mol. The number of hydrogen-bond donors (Lipinski definition) is 6. The van der Waals surface area contributed by atoms with Crippen molar-refractivity contribution < 1.29 is 57.2 Å². The Labute approximate surface area is 367 Å². The van der Waals surface area contributed by atoms with Crippen molar-refractivity contribution >= 4 is 38.7 Å². The number of rotatable bonds is 13. The highest BCUT2D eigenvalue weighted by molar-refractivity contribution is 7.47. The number of carbonyl (C=O) groups excluding carboxylic acids is 1. The Balaban J connectivity index is 1.10. The van der Waals surface area contributed by atoms with E-state index in [0.29, 0.717) is 11.1 Å². The van der Waals surface area contributed by atoms with E-state index in [4.69, 9.17) is 13.8 Å². The summed E-state index contributed by atoms with van der Waals surface area (Å²) in [5, 5.41) is 13.4. The van der Waals surface area contributed by atoms with Gasteiger partial charge in [0.2, 0.25) is 0 Å². The van der Waals surface area contributed by atoms with E-state index in [0.717, 1.165) is 44.5 Å². The molecule has 0 saturated carbocycles. The van der Waals surface area contributed by atoms with E-state index in [-0.39, 0.29) is 46.2 Å². The molecule has 8 rings (SSSR count). The molecule has 1 heterocycles. The van der Waals surface area contributed by atoms with Crippen molar-refractivity contribution in [2.45, 2.75) is 19.4 Å². The lowest BCUT2D eigenvalue weighted by molar-refractivity contribution is 0.0695. The number of nitrogens with one attached hydrogen (secondary N) is 1. The van der Waals surface area contributed by atoms with Gasteiger partial charge in [0.15, 0.2) is 0 Å². The van der Waals surface area contributed by atoms with Gasteiger partial charge in [-0.05, 0) is 75.7 Å². The minimum absolute atomic E-state index is 0.0128. The predicted molar refractivity (Wildman–Crippen MR) is 239 cm³/mol. The number of hydrogen-bond acceptors (Lipinski definition) is 7. The van der Waals surface area contributed by atoms with Crippen LogP contribution in [-0.4, -0.2) is 36.6 Å². The number of aromatic carboxylic acids is 1. The number of carboxylic acid groups (broad SMARTS) is 1. The Morgan fingerprint density at radius 3 is 1.47 bits per heavy atom. The Morgan fingerprint density at radius 1 is 0.562 bits per heavy atom. The van der Waals surface area contributed by atoms with Crippen LogP contribution in [0.4, 0.5) is 0 Å². The minimum atomic E-state index is -4.98. The molecule has 6 N–H and O–H groups in total. The molecule has 1 aliphatic rings. The van der Waals surface area contributed by atoms with Crippen molar-refractivity contribution in [3.05, 3.63) is 225 Å². The zero-order chi connectivity index (χ0) is 45.2. The standard InChI is InChI=1S/C49H39NO12P2/c1-30-12-16-34(17-13-30)45(32-8-4-2-5-9-32)46(33-10-6-3-7-11-33)35-18-14-31(15-19-35)29-50-48(51)36-20-23-39(42(26-36)49(52)53)47-40-24-21-37(61-63(54,55)56)27-43(40)60-44-28-38(22-25-41(44)47)62-64(57,58)59/h2-28,47H,29H2,1H3,(H,50,51)(H,52,53)(H2,54,55,56)(H2,57,58,59)/b46-45+. The Hall–Kier alpha value is -7.08. The number of amides is 1. The fraction of sp³-hybridized carbons (Fsp3) is 0.0612. The summed E-state index contributed by atoms with van der Waals surface area (Å²) >= 11 is 0. The van der Waals surface area contributed by atoms with Crippen LogP contribution in [0.3, 0.4) is 0 Å². The molecule has 0 atom stereocenters. The molecule has 322 valence electrons. The molecule has 7 aromatic rings. The molecular formula is C49H39NO12P2. The van der Waals surface area contributed by atoms with Crippen molar-refractivity contribution in [3.63, 3.8) is 0 Å². The number of aryl methyl sites for hydroxylation is 1. The number of carboxylic acids is 1. The molecule has 0 bridgehead atoms. The fourth-order valence-corrected chi connectivity index (χ4v) is 8.52. The van der Waals surface area contributed by atoms with Crippen LogP contribution in [0.15, 0.2) is 164 Å². The van der Waals surface area contributed by atoms with E-state index in [2.05, 4.69) is 60.8 Å². The fourth-order valence-electron chi connectivity index (χ4n) is 7.74. The lowest BCUT2D eigenvalue weighted by Crippen LogP contribution is -2.23. The van der Waals surface area contributed by atoms with Crippen LogP contribution in [-0.2, 0) is 15.7 Å². The van der Waals surface area contributed by atoms with E-state index >= 15 is 0 Å². The quantitative estimate of drug-likeness (QED) is 0.0472. The molecule has 1 amide bonds. The zero-order valence-corrected chi connectivity index (χ0v) is 35.7. The highest BCUT2D eigenvalue weighted by atomic mass is 31.2. The van der Waals surface area contributed by atoms with Crippen molar-refractivity contribution in [3.8, 4) is 23.0 Å². The number of ether oxygens (including phenoxy) is 1. The average Bonchev–Trinajstić information content (AvgIpc) is 3.26. The summed E-state index contributed by atoms with van der Waals surface area (Å²) in [5.74, 6) is -3.27. The molecule has 0 aromatic heterocycles. The van der Waals surface area contributed by atoms with Crippen LogP contribution < -0.4 is 19.1 Å². The second kappa shape index (κ2) is 18.0. The Bertz CT molecular complexity index is 2940. The number of fused-ring (bicyclic) bond motifs is 2. The number of phosphoric acid groups is 2. The summed E-state index contributed by atoms with van der Waals surface area (Å²) in [6.07, 6.45) is 0. The molecule has 0 fully saturated rings. The summed E-state index contributed by atoms with van der Waals surface area (Å²) in [7, 11) is -9.96. The van der Waals surface area contributed by atoms with Crippen molar-refractivity contribution in [1.29, 1.82) is 0 Å². The third-order valence-electron chi connectivity index (χ3n) is 10.5. The van der Waals surface area contributed by atoms with E-state index in [1.165, 1.54) is 54.6 Å². The van der Waals surface area contributed by atoms with Gasteiger partial charge in [-0.3, -0.25) is 24.4 Å². The summed E-state index contributed by atoms with van der Waals surface area (Å²) in [5.41, 5.74) is 8.99. The second-order valence-electron chi connectivity index (χ2n) is 14.9. The van der Waals surface area contributed by atoms with Gasteiger partial charge in [-0.25, -0.2) is 13.9 Å². The van der Waals surface area contributed by atoms with Crippen molar-refractivity contribution in [2.24, 2.45) is 0 Å². The maximum absolute atomic E-state index is 13.7. The Kier molecular flexibility index (Phi) is 12.2. The largest absolute Gasteiger partial charge is 0.524 e. The first-order chi connectivity index (χ1) is 30.6. The molecule has 15 heteroatoms. The van der Waals surface area contributed by atoms with E-state index in [9.17, 15) is 43.4 Å². The summed E-state index contributed by atoms with van der Waals surface area (Å²) in [6.45, 7) is 2.19. The van der Waals surface area contributed by atoms with Gasteiger partial charge in [0.25, 0.3) is 5.91 Å². The van der Waals surface area contributed by atoms with Gasteiger partial charge in [-0.15, -0.1) is 0 Å². The van der Waals surface area contributed by atoms with Crippen LogP contribution >= 0.6 is 15.6 Å². The maximum Gasteiger partial charge on any atom is 0.524 e. The maximum atomic E-state index is 13.7. The van der Waals surface area contributed by atoms with Gasteiger partial charge in [0.05, 0.1) is 5.56 Å². The van der Waals surface area contributed by atoms with Crippen LogP contribution in [0.1, 0.15) is 76.7 Å². The highest BCUT2D eigenvalue weighted by Gasteiger charge is 2.34. The minimum Gasteiger partial charge on any atom is -0.478 e. The van der Waals surface area contributed by atoms with Crippen molar-refractivity contribution in [2.75, 3.05) is 0 Å². The number of benzene rings is 7. The third-order valence-corrected chi connectivity index (χ3v) is 11.4. The van der Waals surface area contributed by atoms with Crippen LogP contribution in [0.5, 0.6) is 23.0 Å². The molecule has 0 radical (unpaired) electrons. The number of carbonyl (C=O) groups is 2. The summed E-state index contributed by atoms with van der Waals surface area (Å²) in [4.78, 5) is 64.2. The van der Waals surface area contributed by atoms with Gasteiger partial charge < -0.3 is 24.2 Å². The first-order valence-electron chi connectivity index (χ1n) is 19.7. The van der Waals surface area contributed by atoms with Crippen molar-refractivity contribution in [1.82, 2.24) is 5.32 Å². The van der Waals surface area contributed by atoms with E-state index in [1.807, 2.05) is 60.7 Å².